The van der Waals surface area contributed by atoms with Gasteiger partial charge < -0.3 is 19.2 Å². The Morgan fingerprint density at radius 2 is 1.89 bits per heavy atom. The Bertz CT molecular complexity index is 982. The lowest BCUT2D eigenvalue weighted by molar-refractivity contribution is -0.121. The molecule has 1 aromatic heterocycles. The van der Waals surface area contributed by atoms with Crippen molar-refractivity contribution < 1.29 is 18.7 Å². The number of ether oxygens (including phenoxy) is 2. The van der Waals surface area contributed by atoms with Gasteiger partial charge in [-0.3, -0.25) is 4.79 Å². The number of carbonyl (C=O) groups is 1. The highest BCUT2D eigenvalue weighted by Crippen LogP contribution is 2.34. The molecule has 7 nitrogen and oxygen atoms in total. The van der Waals surface area contributed by atoms with E-state index in [9.17, 15) is 4.79 Å². The summed E-state index contributed by atoms with van der Waals surface area (Å²) in [6.45, 7) is 4.18. The molecule has 0 bridgehead atoms. The topological polar surface area (TPSA) is 86.5 Å². The summed E-state index contributed by atoms with van der Waals surface area (Å²) in [5, 5.41) is 11.1. The third kappa shape index (κ3) is 3.98. The number of fused-ring (bicyclic) bond motifs is 1. The highest BCUT2D eigenvalue weighted by Gasteiger charge is 2.17. The lowest BCUT2D eigenvalue weighted by Crippen LogP contribution is -2.26. The monoisotopic (exact) mass is 379 g/mol. The molecule has 0 unspecified atom stereocenters. The molecule has 1 aliphatic heterocycles. The Kier molecular flexibility index (Phi) is 4.97. The van der Waals surface area contributed by atoms with Gasteiger partial charge in [0.2, 0.25) is 24.5 Å². The van der Waals surface area contributed by atoms with E-state index in [4.69, 9.17) is 13.9 Å². The number of nitrogens with one attached hydrogen (secondary N) is 1. The standard InChI is InChI=1S/C21H21N3O4/c1-13-3-5-15(6-4-13)21-24-23-20(28-21)10-9-19(25)22-14(2)16-7-8-17-18(11-16)27-12-26-17/h3-8,11,14H,9-10,12H2,1-2H3,(H,22,25)/t14-/m1/s1. The van der Waals surface area contributed by atoms with E-state index in [0.29, 0.717) is 24.0 Å². The van der Waals surface area contributed by atoms with E-state index < -0.39 is 0 Å². The lowest BCUT2D eigenvalue weighted by Gasteiger charge is -2.14. The molecule has 0 spiro atoms. The van der Waals surface area contributed by atoms with Gasteiger partial charge in [0, 0.05) is 18.4 Å². The molecule has 2 aromatic carbocycles. The van der Waals surface area contributed by atoms with Gasteiger partial charge in [-0.2, -0.15) is 0 Å². The maximum absolute atomic E-state index is 12.3. The van der Waals surface area contributed by atoms with Gasteiger partial charge in [-0.1, -0.05) is 23.8 Å². The Labute approximate surface area is 162 Å². The van der Waals surface area contributed by atoms with E-state index in [2.05, 4.69) is 15.5 Å². The molecule has 0 fully saturated rings. The predicted molar refractivity (Wildman–Crippen MR) is 102 cm³/mol. The van der Waals surface area contributed by atoms with E-state index in [0.717, 1.165) is 22.4 Å². The first-order valence-electron chi connectivity index (χ1n) is 9.17. The molecule has 0 radical (unpaired) electrons. The minimum absolute atomic E-state index is 0.0831. The third-order valence-electron chi connectivity index (χ3n) is 4.61. The molecule has 7 heteroatoms. The van der Waals surface area contributed by atoms with Crippen LogP contribution in [0.3, 0.4) is 0 Å². The summed E-state index contributed by atoms with van der Waals surface area (Å²) in [4.78, 5) is 12.3. The first kappa shape index (κ1) is 18.0. The van der Waals surface area contributed by atoms with Crippen LogP contribution in [-0.2, 0) is 11.2 Å². The number of benzene rings is 2. The summed E-state index contributed by atoms with van der Waals surface area (Å²) < 4.78 is 16.4. The number of nitrogens with zero attached hydrogens (tertiary/aromatic N) is 2. The van der Waals surface area contributed by atoms with E-state index in [1.807, 2.05) is 56.3 Å². The van der Waals surface area contributed by atoms with Crippen molar-refractivity contribution in [3.8, 4) is 23.0 Å². The van der Waals surface area contributed by atoms with Crippen LogP contribution in [-0.4, -0.2) is 22.9 Å². The van der Waals surface area contributed by atoms with Gasteiger partial charge in [-0.05, 0) is 43.7 Å². The van der Waals surface area contributed by atoms with Crippen LogP contribution in [0.25, 0.3) is 11.5 Å². The summed E-state index contributed by atoms with van der Waals surface area (Å²) in [6, 6.07) is 13.4. The quantitative estimate of drug-likeness (QED) is 0.704. The van der Waals surface area contributed by atoms with Gasteiger partial charge in [-0.25, -0.2) is 0 Å². The first-order chi connectivity index (χ1) is 13.6. The number of hydrogen-bond donors (Lipinski definition) is 1. The number of hydrogen-bond acceptors (Lipinski definition) is 6. The van der Waals surface area contributed by atoms with E-state index in [1.54, 1.807) is 0 Å². The fourth-order valence-electron chi connectivity index (χ4n) is 2.97. The van der Waals surface area contributed by atoms with Crippen LogP contribution in [0.4, 0.5) is 0 Å². The van der Waals surface area contributed by atoms with Gasteiger partial charge in [0.15, 0.2) is 11.5 Å². The fourth-order valence-corrected chi connectivity index (χ4v) is 2.97. The summed E-state index contributed by atoms with van der Waals surface area (Å²) >= 11 is 0. The highest BCUT2D eigenvalue weighted by molar-refractivity contribution is 5.76. The van der Waals surface area contributed by atoms with Gasteiger partial charge in [0.05, 0.1) is 6.04 Å². The number of carbonyl (C=O) groups excluding carboxylic acids is 1. The summed E-state index contributed by atoms with van der Waals surface area (Å²) in [6.07, 6.45) is 0.656. The smallest absolute Gasteiger partial charge is 0.247 e. The molecule has 0 saturated heterocycles. The van der Waals surface area contributed by atoms with Crippen molar-refractivity contribution >= 4 is 5.91 Å². The van der Waals surface area contributed by atoms with Gasteiger partial charge in [-0.15, -0.1) is 10.2 Å². The van der Waals surface area contributed by atoms with Crippen molar-refractivity contribution in [2.24, 2.45) is 0 Å². The molecule has 1 N–H and O–H groups in total. The van der Waals surface area contributed by atoms with Crippen molar-refractivity contribution in [1.82, 2.24) is 15.5 Å². The molecular formula is C21H21N3O4. The number of amides is 1. The summed E-state index contributed by atoms with van der Waals surface area (Å²) in [7, 11) is 0. The summed E-state index contributed by atoms with van der Waals surface area (Å²) in [5.41, 5.74) is 2.99. The van der Waals surface area contributed by atoms with Crippen LogP contribution in [0.5, 0.6) is 11.5 Å². The fraction of sp³-hybridized carbons (Fsp3) is 0.286. The van der Waals surface area contributed by atoms with Crippen LogP contribution in [0.2, 0.25) is 0 Å². The number of rotatable bonds is 6. The highest BCUT2D eigenvalue weighted by atomic mass is 16.7. The largest absolute Gasteiger partial charge is 0.454 e. The predicted octanol–water partition coefficient (Wildman–Crippen LogP) is 3.58. The van der Waals surface area contributed by atoms with Crippen molar-refractivity contribution in [2.45, 2.75) is 32.7 Å². The minimum atomic E-state index is -0.146. The zero-order chi connectivity index (χ0) is 19.5. The molecule has 144 valence electrons. The Balaban J connectivity index is 1.31. The van der Waals surface area contributed by atoms with Gasteiger partial charge in [0.25, 0.3) is 0 Å². The molecule has 0 saturated carbocycles. The molecular weight excluding hydrogens is 358 g/mol. The van der Waals surface area contributed by atoms with Crippen molar-refractivity contribution in [1.29, 1.82) is 0 Å². The van der Waals surface area contributed by atoms with Crippen LogP contribution in [0.15, 0.2) is 46.9 Å². The van der Waals surface area contributed by atoms with E-state index >= 15 is 0 Å². The van der Waals surface area contributed by atoms with Crippen LogP contribution >= 0.6 is 0 Å². The average molecular weight is 379 g/mol. The molecule has 2 heterocycles. The van der Waals surface area contributed by atoms with Crippen molar-refractivity contribution in [3.05, 3.63) is 59.5 Å². The van der Waals surface area contributed by atoms with Gasteiger partial charge in [0.1, 0.15) is 0 Å². The van der Waals surface area contributed by atoms with E-state index in [-0.39, 0.29) is 25.2 Å². The molecule has 1 aliphatic rings. The second-order valence-corrected chi connectivity index (χ2v) is 6.77. The Morgan fingerprint density at radius 3 is 2.71 bits per heavy atom. The lowest BCUT2D eigenvalue weighted by atomic mass is 10.1. The molecule has 1 amide bonds. The molecule has 4 rings (SSSR count). The zero-order valence-electron chi connectivity index (χ0n) is 15.8. The number of aryl methyl sites for hydroxylation is 2. The van der Waals surface area contributed by atoms with Crippen molar-refractivity contribution in [3.63, 3.8) is 0 Å². The molecule has 3 aromatic rings. The molecule has 1 atom stereocenters. The van der Waals surface area contributed by atoms with Crippen LogP contribution in [0.1, 0.15) is 36.4 Å². The average Bonchev–Trinajstić information content (AvgIpc) is 3.35. The second kappa shape index (κ2) is 7.72. The third-order valence-corrected chi connectivity index (χ3v) is 4.61. The van der Waals surface area contributed by atoms with E-state index in [1.165, 1.54) is 0 Å². The van der Waals surface area contributed by atoms with Crippen LogP contribution < -0.4 is 14.8 Å². The Morgan fingerprint density at radius 1 is 1.11 bits per heavy atom. The minimum Gasteiger partial charge on any atom is -0.454 e. The molecule has 28 heavy (non-hydrogen) atoms. The maximum atomic E-state index is 12.3. The van der Waals surface area contributed by atoms with Crippen LogP contribution in [0, 0.1) is 6.92 Å². The SMILES string of the molecule is Cc1ccc(-c2nnc(CCC(=O)N[C@H](C)c3ccc4c(c3)OCO4)o2)cc1. The second-order valence-electron chi connectivity index (χ2n) is 6.77. The molecule has 0 aliphatic carbocycles. The van der Waals surface area contributed by atoms with Gasteiger partial charge >= 0.3 is 0 Å². The normalized spacial score (nSPS) is 13.4. The summed E-state index contributed by atoms with van der Waals surface area (Å²) in [5.74, 6) is 2.25. The maximum Gasteiger partial charge on any atom is 0.247 e. The zero-order valence-corrected chi connectivity index (χ0v) is 15.8. The first-order valence-corrected chi connectivity index (χ1v) is 9.17. The number of aromatic nitrogens is 2. The van der Waals surface area contributed by atoms with Crippen molar-refractivity contribution in [2.75, 3.05) is 6.79 Å². The Hall–Kier alpha value is -3.35.